The first-order chi connectivity index (χ1) is 6.93. The van der Waals surface area contributed by atoms with Crippen LogP contribution in [0.15, 0.2) is 12.1 Å². The van der Waals surface area contributed by atoms with Crippen molar-refractivity contribution in [3.05, 3.63) is 27.7 Å². The molecule has 15 heavy (non-hydrogen) atoms. The summed E-state index contributed by atoms with van der Waals surface area (Å²) in [4.78, 5) is 10.6. The Labute approximate surface area is 93.2 Å². The van der Waals surface area contributed by atoms with Crippen molar-refractivity contribution >= 4 is 29.2 Å². The van der Waals surface area contributed by atoms with Crippen LogP contribution in [0.25, 0.3) is 0 Å². The van der Waals surface area contributed by atoms with Gasteiger partial charge in [0.1, 0.15) is 10.8 Å². The van der Waals surface area contributed by atoms with Gasteiger partial charge in [-0.15, -0.1) is 0 Å². The third-order valence-electron chi connectivity index (χ3n) is 1.49. The number of hydrogen-bond donors (Lipinski definition) is 1. The van der Waals surface area contributed by atoms with Crippen molar-refractivity contribution in [2.45, 2.75) is 6.61 Å². The molecule has 0 aliphatic rings. The third-order valence-corrected chi connectivity index (χ3v) is 2.36. The second-order valence-corrected chi connectivity index (χ2v) is 3.18. The minimum absolute atomic E-state index is 0.275. The Kier molecular flexibility index (Phi) is 3.71. The molecule has 0 unspecified atom stereocenters. The van der Waals surface area contributed by atoms with Gasteiger partial charge in [-0.3, -0.25) is 0 Å². The van der Waals surface area contributed by atoms with Crippen LogP contribution in [0, 0.1) is 0 Å². The Morgan fingerprint density at radius 3 is 2.40 bits per heavy atom. The maximum atomic E-state index is 11.9. The fraction of sp³-hybridized carbons (Fsp3) is 0.125. The summed E-state index contributed by atoms with van der Waals surface area (Å²) in [7, 11) is 0. The summed E-state index contributed by atoms with van der Waals surface area (Å²) in [6, 6.07) is 2.05. The quantitative estimate of drug-likeness (QED) is 0.903. The molecule has 0 heterocycles. The lowest BCUT2D eigenvalue weighted by molar-refractivity contribution is -0.0497. The van der Waals surface area contributed by atoms with E-state index in [0.29, 0.717) is 0 Å². The Morgan fingerprint density at radius 2 is 1.93 bits per heavy atom. The molecule has 1 aromatic rings. The molecule has 0 aliphatic heterocycles. The van der Waals surface area contributed by atoms with Gasteiger partial charge in [0.25, 0.3) is 0 Å². The molecule has 7 heteroatoms. The van der Waals surface area contributed by atoms with E-state index < -0.39 is 12.6 Å². The van der Waals surface area contributed by atoms with Crippen molar-refractivity contribution in [3.8, 4) is 5.75 Å². The van der Waals surface area contributed by atoms with Gasteiger partial charge in [-0.25, -0.2) is 4.79 Å². The number of rotatable bonds is 3. The number of benzene rings is 1. The number of aromatic carboxylic acids is 1. The van der Waals surface area contributed by atoms with E-state index in [4.69, 9.17) is 28.3 Å². The zero-order valence-corrected chi connectivity index (χ0v) is 8.52. The molecule has 0 fully saturated rings. The number of ether oxygens (including phenoxy) is 1. The molecule has 0 radical (unpaired) electrons. The van der Waals surface area contributed by atoms with E-state index in [-0.39, 0.29) is 21.4 Å². The lowest BCUT2D eigenvalue weighted by Crippen LogP contribution is -2.04. The number of hydrogen-bond acceptors (Lipinski definition) is 2. The monoisotopic (exact) mass is 256 g/mol. The zero-order valence-electron chi connectivity index (χ0n) is 7.01. The van der Waals surface area contributed by atoms with Crippen LogP contribution >= 0.6 is 23.2 Å². The molecule has 0 amide bonds. The fourth-order valence-electron chi connectivity index (χ4n) is 0.884. The molecule has 0 saturated carbocycles. The van der Waals surface area contributed by atoms with E-state index in [2.05, 4.69) is 4.74 Å². The first kappa shape index (κ1) is 12.0. The van der Waals surface area contributed by atoms with Crippen LogP contribution in [0.3, 0.4) is 0 Å². The summed E-state index contributed by atoms with van der Waals surface area (Å²) in [6.07, 6.45) is 0. The highest BCUT2D eigenvalue weighted by Gasteiger charge is 2.17. The lowest BCUT2D eigenvalue weighted by Gasteiger charge is -2.08. The van der Waals surface area contributed by atoms with E-state index in [0.717, 1.165) is 12.1 Å². The number of halogens is 4. The lowest BCUT2D eigenvalue weighted by atomic mass is 10.2. The van der Waals surface area contributed by atoms with Crippen LogP contribution in [0.4, 0.5) is 8.78 Å². The van der Waals surface area contributed by atoms with Crippen LogP contribution in [-0.4, -0.2) is 17.7 Å². The van der Waals surface area contributed by atoms with E-state index in [1.54, 1.807) is 0 Å². The average Bonchev–Trinajstić information content (AvgIpc) is 2.12. The zero-order chi connectivity index (χ0) is 11.6. The molecular weight excluding hydrogens is 253 g/mol. The summed E-state index contributed by atoms with van der Waals surface area (Å²) in [5, 5.41) is 7.95. The summed E-state index contributed by atoms with van der Waals surface area (Å²) in [6.45, 7) is -3.05. The minimum Gasteiger partial charge on any atom is -0.478 e. The van der Waals surface area contributed by atoms with Crippen LogP contribution in [-0.2, 0) is 0 Å². The van der Waals surface area contributed by atoms with E-state index in [1.165, 1.54) is 0 Å². The largest absolute Gasteiger partial charge is 0.478 e. The maximum absolute atomic E-state index is 11.9. The molecule has 0 aromatic heterocycles. The maximum Gasteiger partial charge on any atom is 0.387 e. The van der Waals surface area contributed by atoms with Crippen molar-refractivity contribution in [2.75, 3.05) is 0 Å². The van der Waals surface area contributed by atoms with Gasteiger partial charge in [0.15, 0.2) is 0 Å². The molecular formula is C8H4Cl2F2O3. The fourth-order valence-corrected chi connectivity index (χ4v) is 1.33. The average molecular weight is 257 g/mol. The molecule has 0 atom stereocenters. The van der Waals surface area contributed by atoms with E-state index in [1.807, 2.05) is 0 Å². The molecule has 1 rings (SSSR count). The highest BCUT2D eigenvalue weighted by Crippen LogP contribution is 2.35. The third kappa shape index (κ3) is 2.70. The van der Waals surface area contributed by atoms with E-state index in [9.17, 15) is 13.6 Å². The van der Waals surface area contributed by atoms with Gasteiger partial charge in [0.2, 0.25) is 0 Å². The van der Waals surface area contributed by atoms with Gasteiger partial charge in [-0.1, -0.05) is 23.2 Å². The van der Waals surface area contributed by atoms with E-state index >= 15 is 0 Å². The van der Waals surface area contributed by atoms with Crippen molar-refractivity contribution in [1.29, 1.82) is 0 Å². The smallest absolute Gasteiger partial charge is 0.387 e. The SMILES string of the molecule is O=C(O)c1ccc(OC(F)F)c(Cl)c1Cl. The Morgan fingerprint density at radius 1 is 1.33 bits per heavy atom. The molecule has 0 bridgehead atoms. The first-order valence-electron chi connectivity index (χ1n) is 3.59. The summed E-state index contributed by atoms with van der Waals surface area (Å²) in [5.41, 5.74) is -0.275. The first-order valence-corrected chi connectivity index (χ1v) is 4.35. The molecule has 0 spiro atoms. The summed E-state index contributed by atoms with van der Waals surface area (Å²) in [5.74, 6) is -1.66. The van der Waals surface area contributed by atoms with Crippen molar-refractivity contribution in [1.82, 2.24) is 0 Å². The molecule has 0 aliphatic carbocycles. The van der Waals surface area contributed by atoms with Gasteiger partial charge >= 0.3 is 12.6 Å². The van der Waals surface area contributed by atoms with Gasteiger partial charge in [0, 0.05) is 0 Å². The van der Waals surface area contributed by atoms with Crippen LogP contribution in [0.2, 0.25) is 10.0 Å². The number of carbonyl (C=O) groups is 1. The molecule has 1 N–H and O–H groups in total. The predicted molar refractivity (Wildman–Crippen MR) is 50.1 cm³/mol. The Balaban J connectivity index is 3.15. The predicted octanol–water partition coefficient (Wildman–Crippen LogP) is 3.29. The van der Waals surface area contributed by atoms with Crippen LogP contribution < -0.4 is 4.74 Å². The number of carboxylic acid groups (broad SMARTS) is 1. The molecule has 3 nitrogen and oxygen atoms in total. The van der Waals surface area contributed by atoms with Crippen molar-refractivity contribution in [3.63, 3.8) is 0 Å². The highest BCUT2D eigenvalue weighted by atomic mass is 35.5. The minimum atomic E-state index is -3.05. The summed E-state index contributed by atoms with van der Waals surface area (Å²) < 4.78 is 27.7. The van der Waals surface area contributed by atoms with Crippen molar-refractivity contribution < 1.29 is 23.4 Å². The molecule has 82 valence electrons. The van der Waals surface area contributed by atoms with Gasteiger partial charge in [-0.05, 0) is 12.1 Å². The van der Waals surface area contributed by atoms with Crippen LogP contribution in [0.1, 0.15) is 10.4 Å². The second kappa shape index (κ2) is 4.63. The van der Waals surface area contributed by atoms with Crippen LogP contribution in [0.5, 0.6) is 5.75 Å². The van der Waals surface area contributed by atoms with Gasteiger partial charge in [-0.2, -0.15) is 8.78 Å². The molecule has 1 aromatic carbocycles. The highest BCUT2D eigenvalue weighted by molar-refractivity contribution is 6.44. The number of alkyl halides is 2. The Bertz CT molecular complexity index is 396. The molecule has 0 saturated heterocycles. The van der Waals surface area contributed by atoms with Gasteiger partial charge < -0.3 is 9.84 Å². The van der Waals surface area contributed by atoms with Crippen molar-refractivity contribution in [2.24, 2.45) is 0 Å². The Hall–Kier alpha value is -1.07. The van der Waals surface area contributed by atoms with Gasteiger partial charge in [0.05, 0.1) is 10.6 Å². The normalized spacial score (nSPS) is 10.5. The number of carboxylic acids is 1. The standard InChI is InChI=1S/C8H4Cl2F2O3/c9-5-3(7(13)14)1-2-4(6(5)10)15-8(11)12/h1-2,8H,(H,13,14). The summed E-state index contributed by atoms with van der Waals surface area (Å²) >= 11 is 11.1. The topological polar surface area (TPSA) is 46.5 Å². The second-order valence-electron chi connectivity index (χ2n) is 2.42.